The highest BCUT2D eigenvalue weighted by Gasteiger charge is 2.60. The van der Waals surface area contributed by atoms with Gasteiger partial charge < -0.3 is 0 Å². The van der Waals surface area contributed by atoms with Crippen LogP contribution < -0.4 is 0 Å². The summed E-state index contributed by atoms with van der Waals surface area (Å²) in [6.45, 7) is 6.59. The monoisotopic (exact) mass is 316 g/mol. The molecular formula is C21H32O2. The van der Waals surface area contributed by atoms with Crippen LogP contribution in [-0.2, 0) is 9.59 Å². The Bertz CT molecular complexity index is 538. The molecule has 0 spiro atoms. The van der Waals surface area contributed by atoms with Gasteiger partial charge in [-0.1, -0.05) is 13.8 Å². The molecule has 0 radical (unpaired) electrons. The lowest BCUT2D eigenvalue weighted by Gasteiger charge is -2.60. The fourth-order valence-corrected chi connectivity index (χ4v) is 7.40. The Kier molecular flexibility index (Phi) is 3.56. The summed E-state index contributed by atoms with van der Waals surface area (Å²) in [6, 6.07) is 0. The summed E-state index contributed by atoms with van der Waals surface area (Å²) in [5.74, 6) is 4.25. The van der Waals surface area contributed by atoms with Crippen molar-refractivity contribution in [2.24, 2.45) is 40.4 Å². The zero-order chi connectivity index (χ0) is 16.4. The number of hydrogen-bond donors (Lipinski definition) is 0. The summed E-state index contributed by atoms with van der Waals surface area (Å²) in [4.78, 5) is 24.3. The lowest BCUT2D eigenvalue weighted by atomic mass is 9.44. The lowest BCUT2D eigenvalue weighted by Crippen LogP contribution is -2.53. The molecule has 4 saturated carbocycles. The first-order valence-electron chi connectivity index (χ1n) is 9.90. The fourth-order valence-electron chi connectivity index (χ4n) is 7.40. The van der Waals surface area contributed by atoms with Crippen molar-refractivity contribution >= 4 is 11.6 Å². The van der Waals surface area contributed by atoms with Crippen LogP contribution in [0.4, 0.5) is 0 Å². The minimum Gasteiger partial charge on any atom is -0.300 e. The summed E-state index contributed by atoms with van der Waals surface area (Å²) >= 11 is 0. The van der Waals surface area contributed by atoms with Crippen LogP contribution in [0.3, 0.4) is 0 Å². The predicted molar refractivity (Wildman–Crippen MR) is 90.9 cm³/mol. The van der Waals surface area contributed by atoms with Gasteiger partial charge in [0.2, 0.25) is 0 Å². The van der Waals surface area contributed by atoms with Gasteiger partial charge in [0.15, 0.2) is 0 Å². The molecule has 0 unspecified atom stereocenters. The molecule has 0 saturated heterocycles. The van der Waals surface area contributed by atoms with E-state index in [1.54, 1.807) is 6.92 Å². The summed E-state index contributed by atoms with van der Waals surface area (Å²) in [5, 5.41) is 0. The zero-order valence-electron chi connectivity index (χ0n) is 15.1. The summed E-state index contributed by atoms with van der Waals surface area (Å²) < 4.78 is 0. The number of fused-ring (bicyclic) bond motifs is 5. The SMILES string of the molecule is CC(=O)[C@H]1CC[C@@]2(C)[C@@H](CC[C@H]3[C@H]2CC[C@]2(C)C(=O)CC[C@H]32)C1. The first-order chi connectivity index (χ1) is 10.9. The first kappa shape index (κ1) is 15.8. The second-order valence-electron chi connectivity index (χ2n) is 9.66. The van der Waals surface area contributed by atoms with Crippen molar-refractivity contribution in [1.29, 1.82) is 0 Å². The van der Waals surface area contributed by atoms with Gasteiger partial charge in [0.25, 0.3) is 0 Å². The molecule has 0 aromatic carbocycles. The number of Topliss-reactive ketones (excluding diaryl/α,β-unsaturated/α-hetero) is 2. The minimum absolute atomic E-state index is 0.000942. The predicted octanol–water partition coefficient (Wildman–Crippen LogP) is 4.80. The Morgan fingerprint density at radius 1 is 1.00 bits per heavy atom. The standard InChI is InChI=1S/C21H32O2/c1-13(22)14-8-10-20(2)15(12-14)4-5-16-17-6-7-19(23)21(17,3)11-9-18(16)20/h14-18H,4-12H2,1-3H3/t14-,15-,16+,17+,18+,20-,21-/m0/s1. The first-order valence-corrected chi connectivity index (χ1v) is 9.90. The molecule has 4 fully saturated rings. The molecule has 4 aliphatic carbocycles. The van der Waals surface area contributed by atoms with Gasteiger partial charge in [-0.2, -0.15) is 0 Å². The van der Waals surface area contributed by atoms with Crippen LogP contribution in [0.5, 0.6) is 0 Å². The average molecular weight is 316 g/mol. The quantitative estimate of drug-likeness (QED) is 0.696. The fraction of sp³-hybridized carbons (Fsp3) is 0.905. The van der Waals surface area contributed by atoms with Crippen LogP contribution in [0.25, 0.3) is 0 Å². The third kappa shape index (κ3) is 2.12. The molecule has 2 nitrogen and oxygen atoms in total. The molecule has 4 aliphatic rings. The molecule has 0 heterocycles. The van der Waals surface area contributed by atoms with E-state index in [9.17, 15) is 9.59 Å². The maximum absolute atomic E-state index is 12.4. The van der Waals surface area contributed by atoms with Crippen molar-refractivity contribution in [3.63, 3.8) is 0 Å². The van der Waals surface area contributed by atoms with E-state index < -0.39 is 0 Å². The van der Waals surface area contributed by atoms with Gasteiger partial charge in [-0.05, 0) is 87.4 Å². The Morgan fingerprint density at radius 2 is 1.78 bits per heavy atom. The van der Waals surface area contributed by atoms with E-state index in [4.69, 9.17) is 0 Å². The van der Waals surface area contributed by atoms with Gasteiger partial charge in [-0.15, -0.1) is 0 Å². The molecule has 128 valence electrons. The second-order valence-corrected chi connectivity index (χ2v) is 9.66. The van der Waals surface area contributed by atoms with E-state index in [1.165, 1.54) is 25.7 Å². The van der Waals surface area contributed by atoms with Crippen molar-refractivity contribution in [2.75, 3.05) is 0 Å². The molecule has 0 bridgehead atoms. The molecule has 4 rings (SSSR count). The molecule has 2 heteroatoms. The van der Waals surface area contributed by atoms with E-state index in [0.717, 1.165) is 49.9 Å². The van der Waals surface area contributed by atoms with Crippen molar-refractivity contribution in [3.8, 4) is 0 Å². The number of hydrogen-bond acceptors (Lipinski definition) is 2. The highest BCUT2D eigenvalue weighted by Crippen LogP contribution is 2.65. The van der Waals surface area contributed by atoms with Gasteiger partial charge >= 0.3 is 0 Å². The molecule has 0 aromatic rings. The van der Waals surface area contributed by atoms with E-state index in [2.05, 4.69) is 13.8 Å². The summed E-state index contributed by atoms with van der Waals surface area (Å²) in [6.07, 6.45) is 10.4. The number of ketones is 2. The molecule has 0 N–H and O–H groups in total. The van der Waals surface area contributed by atoms with Crippen LogP contribution in [-0.4, -0.2) is 11.6 Å². The molecule has 7 atom stereocenters. The summed E-state index contributed by atoms with van der Waals surface area (Å²) in [7, 11) is 0. The molecule has 0 aromatic heterocycles. The molecule has 23 heavy (non-hydrogen) atoms. The second kappa shape index (κ2) is 5.17. The van der Waals surface area contributed by atoms with Gasteiger partial charge in [0.05, 0.1) is 0 Å². The van der Waals surface area contributed by atoms with Gasteiger partial charge in [0.1, 0.15) is 11.6 Å². The molecule has 0 aliphatic heterocycles. The Morgan fingerprint density at radius 3 is 2.52 bits per heavy atom. The van der Waals surface area contributed by atoms with Crippen LogP contribution in [0.2, 0.25) is 0 Å². The van der Waals surface area contributed by atoms with E-state index in [1.807, 2.05) is 0 Å². The van der Waals surface area contributed by atoms with Crippen molar-refractivity contribution in [2.45, 2.75) is 78.6 Å². The zero-order valence-corrected chi connectivity index (χ0v) is 15.1. The largest absolute Gasteiger partial charge is 0.300 e. The Hall–Kier alpha value is -0.660. The molecule has 0 amide bonds. The average Bonchev–Trinajstić information content (AvgIpc) is 2.82. The van der Waals surface area contributed by atoms with Crippen LogP contribution in [0, 0.1) is 40.4 Å². The van der Waals surface area contributed by atoms with Crippen molar-refractivity contribution < 1.29 is 9.59 Å². The van der Waals surface area contributed by atoms with E-state index in [-0.39, 0.29) is 5.41 Å². The third-order valence-corrected chi connectivity index (χ3v) is 8.95. The lowest BCUT2D eigenvalue weighted by molar-refractivity contribution is -0.143. The number of carbonyl (C=O) groups excluding carboxylic acids is 2. The van der Waals surface area contributed by atoms with E-state index >= 15 is 0 Å². The van der Waals surface area contributed by atoms with Crippen molar-refractivity contribution in [3.05, 3.63) is 0 Å². The maximum Gasteiger partial charge on any atom is 0.139 e. The maximum atomic E-state index is 12.4. The van der Waals surface area contributed by atoms with Gasteiger partial charge in [0, 0.05) is 17.8 Å². The Balaban J connectivity index is 1.59. The minimum atomic E-state index is 0.000942. The van der Waals surface area contributed by atoms with Crippen molar-refractivity contribution in [1.82, 2.24) is 0 Å². The van der Waals surface area contributed by atoms with Gasteiger partial charge in [-0.25, -0.2) is 0 Å². The summed E-state index contributed by atoms with van der Waals surface area (Å²) in [5.41, 5.74) is 0.433. The highest BCUT2D eigenvalue weighted by molar-refractivity contribution is 5.87. The van der Waals surface area contributed by atoms with E-state index in [0.29, 0.717) is 28.8 Å². The number of carbonyl (C=O) groups is 2. The smallest absolute Gasteiger partial charge is 0.139 e. The van der Waals surface area contributed by atoms with Crippen LogP contribution >= 0.6 is 0 Å². The normalized spacial score (nSPS) is 52.5. The molecular weight excluding hydrogens is 284 g/mol. The Labute approximate surface area is 140 Å². The topological polar surface area (TPSA) is 34.1 Å². The van der Waals surface area contributed by atoms with Gasteiger partial charge in [-0.3, -0.25) is 9.59 Å². The van der Waals surface area contributed by atoms with Crippen LogP contribution in [0.15, 0.2) is 0 Å². The highest BCUT2D eigenvalue weighted by atomic mass is 16.1. The van der Waals surface area contributed by atoms with Crippen LogP contribution in [0.1, 0.15) is 78.6 Å². The third-order valence-electron chi connectivity index (χ3n) is 8.95. The number of rotatable bonds is 1.